The summed E-state index contributed by atoms with van der Waals surface area (Å²) in [7, 11) is 3.36. The molecule has 162 valence electrons. The number of benzene rings is 2. The van der Waals surface area contributed by atoms with Crippen LogP contribution in [0.15, 0.2) is 47.5 Å². The maximum absolute atomic E-state index is 11.8. The summed E-state index contributed by atoms with van der Waals surface area (Å²) in [6.07, 6.45) is 0.819. The van der Waals surface area contributed by atoms with Gasteiger partial charge in [-0.25, -0.2) is 0 Å². The number of carbonyl (C=O) groups is 1. The van der Waals surface area contributed by atoms with E-state index in [1.165, 1.54) is 0 Å². The molecule has 7 nitrogen and oxygen atoms in total. The average molecular weight is 413 g/mol. The summed E-state index contributed by atoms with van der Waals surface area (Å²) in [6.45, 7) is 6.42. The lowest BCUT2D eigenvalue weighted by atomic mass is 10.1. The molecule has 0 radical (unpaired) electrons. The molecular weight excluding hydrogens is 380 g/mol. The third-order valence-electron chi connectivity index (χ3n) is 4.41. The monoisotopic (exact) mass is 412 g/mol. The van der Waals surface area contributed by atoms with Gasteiger partial charge in [-0.15, -0.1) is 0 Å². The summed E-state index contributed by atoms with van der Waals surface area (Å²) in [5.41, 5.74) is 2.80. The van der Waals surface area contributed by atoms with Crippen LogP contribution in [0.3, 0.4) is 0 Å². The molecule has 3 N–H and O–H groups in total. The highest BCUT2D eigenvalue weighted by molar-refractivity contribution is 5.94. The molecular formula is C23H32N4O3. The molecule has 0 aliphatic rings. The Bertz CT molecular complexity index is 852. The van der Waals surface area contributed by atoms with Crippen LogP contribution in [0.1, 0.15) is 35.3 Å². The molecule has 2 aromatic carbocycles. The minimum absolute atomic E-state index is 0.0962. The quantitative estimate of drug-likeness (QED) is 0.413. The Morgan fingerprint density at radius 2 is 1.73 bits per heavy atom. The zero-order valence-corrected chi connectivity index (χ0v) is 18.2. The molecule has 0 fully saturated rings. The number of nitrogens with one attached hydrogen (secondary N) is 3. The lowest BCUT2D eigenvalue weighted by molar-refractivity contribution is 0.0963. The summed E-state index contributed by atoms with van der Waals surface area (Å²) in [6, 6.07) is 13.5. The van der Waals surface area contributed by atoms with E-state index >= 15 is 0 Å². The van der Waals surface area contributed by atoms with Gasteiger partial charge in [0.2, 0.25) is 0 Å². The maximum atomic E-state index is 11.8. The summed E-state index contributed by atoms with van der Waals surface area (Å²) in [5.74, 6) is 2.15. The third-order valence-corrected chi connectivity index (χ3v) is 4.41. The van der Waals surface area contributed by atoms with Gasteiger partial charge in [0.05, 0.1) is 13.2 Å². The van der Waals surface area contributed by atoms with Crippen molar-refractivity contribution in [2.24, 2.45) is 4.99 Å². The molecule has 2 aromatic rings. The first-order valence-electron chi connectivity index (χ1n) is 10.2. The molecule has 0 aliphatic heterocycles. The number of hydrogen-bond donors (Lipinski definition) is 3. The van der Waals surface area contributed by atoms with Gasteiger partial charge in [-0.2, -0.15) is 0 Å². The summed E-state index contributed by atoms with van der Waals surface area (Å²) < 4.78 is 11.3. The van der Waals surface area contributed by atoms with Crippen LogP contribution < -0.4 is 25.4 Å². The molecule has 30 heavy (non-hydrogen) atoms. The van der Waals surface area contributed by atoms with E-state index in [0.717, 1.165) is 35.6 Å². The highest BCUT2D eigenvalue weighted by Gasteiger charge is 2.07. The van der Waals surface area contributed by atoms with E-state index in [0.29, 0.717) is 31.3 Å². The molecule has 0 saturated heterocycles. The summed E-state index contributed by atoms with van der Waals surface area (Å²) in [5, 5.41) is 9.23. The predicted octanol–water partition coefficient (Wildman–Crippen LogP) is 2.75. The first-order valence-corrected chi connectivity index (χ1v) is 10.2. The van der Waals surface area contributed by atoms with Crippen molar-refractivity contribution in [2.75, 3.05) is 33.9 Å². The minimum Gasteiger partial charge on any atom is -0.490 e. The Labute approximate surface area is 178 Å². The minimum atomic E-state index is -0.0962. The van der Waals surface area contributed by atoms with Gasteiger partial charge in [0.15, 0.2) is 17.5 Å². The van der Waals surface area contributed by atoms with Crippen molar-refractivity contribution < 1.29 is 14.3 Å². The summed E-state index contributed by atoms with van der Waals surface area (Å²) in [4.78, 5) is 16.0. The lowest BCUT2D eigenvalue weighted by Gasteiger charge is -2.14. The van der Waals surface area contributed by atoms with E-state index in [1.54, 1.807) is 20.2 Å². The number of carbonyl (C=O) groups excluding carboxylic acids is 1. The molecule has 2 rings (SSSR count). The van der Waals surface area contributed by atoms with Gasteiger partial charge in [0, 0.05) is 32.7 Å². The summed E-state index contributed by atoms with van der Waals surface area (Å²) >= 11 is 0. The van der Waals surface area contributed by atoms with Gasteiger partial charge in [-0.05, 0) is 55.7 Å². The Hall–Kier alpha value is -3.22. The highest BCUT2D eigenvalue weighted by atomic mass is 16.5. The normalized spacial score (nSPS) is 11.0. The fourth-order valence-corrected chi connectivity index (χ4v) is 2.95. The van der Waals surface area contributed by atoms with Crippen molar-refractivity contribution in [2.45, 2.75) is 26.8 Å². The SMILES string of the molecule is CCOc1ccc(CCNC(=NC)NCc2cccc(C(=O)NC)c2)cc1OCC. The molecule has 0 aromatic heterocycles. The molecule has 0 bridgehead atoms. The van der Waals surface area contributed by atoms with Crippen molar-refractivity contribution in [3.05, 3.63) is 59.2 Å². The molecule has 0 saturated carbocycles. The van der Waals surface area contributed by atoms with E-state index in [4.69, 9.17) is 9.47 Å². The second-order valence-corrected chi connectivity index (χ2v) is 6.53. The molecule has 0 spiro atoms. The predicted molar refractivity (Wildman–Crippen MR) is 121 cm³/mol. The van der Waals surface area contributed by atoms with Crippen molar-refractivity contribution >= 4 is 11.9 Å². The zero-order valence-electron chi connectivity index (χ0n) is 18.2. The van der Waals surface area contributed by atoms with Crippen LogP contribution in [0.2, 0.25) is 0 Å². The first-order chi connectivity index (χ1) is 14.6. The van der Waals surface area contributed by atoms with Gasteiger partial charge in [0.25, 0.3) is 5.91 Å². The number of ether oxygens (including phenoxy) is 2. The van der Waals surface area contributed by atoms with E-state index in [1.807, 2.05) is 44.2 Å². The second kappa shape index (κ2) is 12.4. The van der Waals surface area contributed by atoms with Gasteiger partial charge in [-0.1, -0.05) is 18.2 Å². The fraction of sp³-hybridized carbons (Fsp3) is 0.391. The number of aliphatic imine (C=N–C) groups is 1. The van der Waals surface area contributed by atoms with Crippen LogP contribution in [-0.4, -0.2) is 45.7 Å². The van der Waals surface area contributed by atoms with E-state index in [-0.39, 0.29) is 5.91 Å². The second-order valence-electron chi connectivity index (χ2n) is 6.53. The van der Waals surface area contributed by atoms with E-state index in [9.17, 15) is 4.79 Å². The Kier molecular flexibility index (Phi) is 9.51. The Balaban J connectivity index is 1.87. The van der Waals surface area contributed by atoms with Crippen molar-refractivity contribution in [3.63, 3.8) is 0 Å². The maximum Gasteiger partial charge on any atom is 0.251 e. The smallest absolute Gasteiger partial charge is 0.251 e. The van der Waals surface area contributed by atoms with Gasteiger partial charge < -0.3 is 25.4 Å². The standard InChI is InChI=1S/C23H32N4O3/c1-5-29-20-11-10-17(15-21(20)30-6-2)12-13-26-23(25-4)27-16-18-8-7-9-19(14-18)22(28)24-3/h7-11,14-15H,5-6,12-13,16H2,1-4H3,(H,24,28)(H2,25,26,27). The number of amides is 1. The number of guanidine groups is 1. The molecule has 1 amide bonds. The largest absolute Gasteiger partial charge is 0.490 e. The fourth-order valence-electron chi connectivity index (χ4n) is 2.95. The van der Waals surface area contributed by atoms with Crippen molar-refractivity contribution in [3.8, 4) is 11.5 Å². The molecule has 0 aliphatic carbocycles. The number of hydrogen-bond acceptors (Lipinski definition) is 4. The van der Waals surface area contributed by atoms with E-state index < -0.39 is 0 Å². The zero-order chi connectivity index (χ0) is 21.8. The van der Waals surface area contributed by atoms with Crippen LogP contribution in [0, 0.1) is 0 Å². The van der Waals surface area contributed by atoms with Crippen LogP contribution in [0.4, 0.5) is 0 Å². The first kappa shape index (κ1) is 23.1. The number of nitrogens with zero attached hydrogens (tertiary/aromatic N) is 1. The van der Waals surface area contributed by atoms with Crippen LogP contribution in [0.5, 0.6) is 11.5 Å². The topological polar surface area (TPSA) is 84.0 Å². The molecule has 0 atom stereocenters. The highest BCUT2D eigenvalue weighted by Crippen LogP contribution is 2.28. The average Bonchev–Trinajstić information content (AvgIpc) is 2.77. The third kappa shape index (κ3) is 6.99. The Morgan fingerprint density at radius 3 is 2.43 bits per heavy atom. The van der Waals surface area contributed by atoms with Crippen molar-refractivity contribution in [1.29, 1.82) is 0 Å². The van der Waals surface area contributed by atoms with Crippen LogP contribution in [0.25, 0.3) is 0 Å². The molecule has 7 heteroatoms. The van der Waals surface area contributed by atoms with Crippen molar-refractivity contribution in [1.82, 2.24) is 16.0 Å². The van der Waals surface area contributed by atoms with Gasteiger partial charge in [-0.3, -0.25) is 9.79 Å². The lowest BCUT2D eigenvalue weighted by Crippen LogP contribution is -2.37. The van der Waals surface area contributed by atoms with Gasteiger partial charge >= 0.3 is 0 Å². The van der Waals surface area contributed by atoms with Crippen LogP contribution in [-0.2, 0) is 13.0 Å². The molecule has 0 heterocycles. The number of rotatable bonds is 10. The van der Waals surface area contributed by atoms with Crippen LogP contribution >= 0.6 is 0 Å². The molecule has 0 unspecified atom stereocenters. The van der Waals surface area contributed by atoms with E-state index in [2.05, 4.69) is 27.0 Å². The Morgan fingerprint density at radius 1 is 0.967 bits per heavy atom. The van der Waals surface area contributed by atoms with Gasteiger partial charge in [0.1, 0.15) is 0 Å².